The van der Waals surface area contributed by atoms with Crippen LogP contribution in [-0.4, -0.2) is 29.6 Å². The first kappa shape index (κ1) is 12.6. The fourth-order valence-electron chi connectivity index (χ4n) is 1.93. The number of aliphatic hydroxyl groups excluding tert-OH is 1. The Morgan fingerprint density at radius 1 is 1.56 bits per heavy atom. The van der Waals surface area contributed by atoms with E-state index in [1.54, 1.807) is 18.2 Å². The smallest absolute Gasteiger partial charge is 0.251 e. The number of hydrogen-bond donors (Lipinski definition) is 3. The van der Waals surface area contributed by atoms with Gasteiger partial charge >= 0.3 is 0 Å². The summed E-state index contributed by atoms with van der Waals surface area (Å²) in [6.45, 7) is 1.88. The van der Waals surface area contributed by atoms with Gasteiger partial charge < -0.3 is 15.7 Å². The molecule has 0 bridgehead atoms. The standard InChI is InChI=1S/C13H16N2O3/c1-8(4-5-16)14-13(18)10-3-2-9-7-12(17)15-11(9)6-10/h2-3,6,8,16H,4-5,7H2,1H3,(H,14,18)(H,15,17). The van der Waals surface area contributed by atoms with E-state index in [4.69, 9.17) is 5.11 Å². The molecule has 1 aliphatic rings. The minimum absolute atomic E-state index is 0.0433. The fraction of sp³-hybridized carbons (Fsp3) is 0.385. The van der Waals surface area contributed by atoms with E-state index in [0.29, 0.717) is 24.1 Å². The first-order valence-corrected chi connectivity index (χ1v) is 5.94. The molecule has 3 N–H and O–H groups in total. The van der Waals surface area contributed by atoms with Crippen LogP contribution in [-0.2, 0) is 11.2 Å². The van der Waals surface area contributed by atoms with Gasteiger partial charge in [-0.2, -0.15) is 0 Å². The van der Waals surface area contributed by atoms with Crippen molar-refractivity contribution in [1.29, 1.82) is 0 Å². The van der Waals surface area contributed by atoms with Crippen LogP contribution in [0.1, 0.15) is 29.3 Å². The van der Waals surface area contributed by atoms with Gasteiger partial charge in [-0.25, -0.2) is 0 Å². The zero-order valence-corrected chi connectivity index (χ0v) is 10.2. The molecule has 5 heteroatoms. The van der Waals surface area contributed by atoms with Gasteiger partial charge in [-0.15, -0.1) is 0 Å². The van der Waals surface area contributed by atoms with E-state index < -0.39 is 0 Å². The predicted octanol–water partition coefficient (Wildman–Crippen LogP) is 0.682. The van der Waals surface area contributed by atoms with Crippen LogP contribution in [0.4, 0.5) is 5.69 Å². The molecule has 1 atom stereocenters. The summed E-state index contributed by atoms with van der Waals surface area (Å²) in [5, 5.41) is 14.3. The van der Waals surface area contributed by atoms with E-state index in [-0.39, 0.29) is 24.5 Å². The Labute approximate surface area is 105 Å². The Morgan fingerprint density at radius 3 is 3.06 bits per heavy atom. The normalized spacial score (nSPS) is 14.9. The molecule has 5 nitrogen and oxygen atoms in total. The number of carbonyl (C=O) groups excluding carboxylic acids is 2. The Bertz CT molecular complexity index is 485. The molecule has 1 aromatic carbocycles. The zero-order valence-electron chi connectivity index (χ0n) is 10.2. The monoisotopic (exact) mass is 248 g/mol. The number of benzene rings is 1. The van der Waals surface area contributed by atoms with Gasteiger partial charge in [0.2, 0.25) is 5.91 Å². The van der Waals surface area contributed by atoms with Crippen molar-refractivity contribution < 1.29 is 14.7 Å². The molecule has 0 saturated heterocycles. The number of rotatable bonds is 4. The van der Waals surface area contributed by atoms with E-state index in [0.717, 1.165) is 5.56 Å². The number of aliphatic hydroxyl groups is 1. The minimum atomic E-state index is -0.195. The number of hydrogen-bond acceptors (Lipinski definition) is 3. The highest BCUT2D eigenvalue weighted by atomic mass is 16.3. The van der Waals surface area contributed by atoms with Crippen molar-refractivity contribution >= 4 is 17.5 Å². The molecule has 18 heavy (non-hydrogen) atoms. The van der Waals surface area contributed by atoms with Crippen molar-refractivity contribution in [2.75, 3.05) is 11.9 Å². The van der Waals surface area contributed by atoms with Crippen LogP contribution in [0.15, 0.2) is 18.2 Å². The number of carbonyl (C=O) groups is 2. The van der Waals surface area contributed by atoms with Crippen molar-refractivity contribution in [3.63, 3.8) is 0 Å². The maximum Gasteiger partial charge on any atom is 0.251 e. The third-order valence-corrected chi connectivity index (χ3v) is 2.94. The van der Waals surface area contributed by atoms with E-state index in [2.05, 4.69) is 10.6 Å². The summed E-state index contributed by atoms with van der Waals surface area (Å²) < 4.78 is 0. The lowest BCUT2D eigenvalue weighted by molar-refractivity contribution is -0.115. The second kappa shape index (κ2) is 5.18. The Hall–Kier alpha value is -1.88. The number of fused-ring (bicyclic) bond motifs is 1. The Morgan fingerprint density at radius 2 is 2.33 bits per heavy atom. The molecule has 96 valence electrons. The van der Waals surface area contributed by atoms with Crippen LogP contribution in [0.25, 0.3) is 0 Å². The van der Waals surface area contributed by atoms with Crippen LogP contribution in [0.2, 0.25) is 0 Å². The average Bonchev–Trinajstić information content (AvgIpc) is 2.68. The van der Waals surface area contributed by atoms with Crippen LogP contribution >= 0.6 is 0 Å². The summed E-state index contributed by atoms with van der Waals surface area (Å²) in [6, 6.07) is 5.10. The highest BCUT2D eigenvalue weighted by molar-refractivity contribution is 6.02. The van der Waals surface area contributed by atoms with Crippen molar-refractivity contribution in [2.45, 2.75) is 25.8 Å². The lowest BCUT2D eigenvalue weighted by atomic mass is 10.1. The highest BCUT2D eigenvalue weighted by Crippen LogP contribution is 2.23. The van der Waals surface area contributed by atoms with Gasteiger partial charge in [0, 0.05) is 23.9 Å². The van der Waals surface area contributed by atoms with E-state index in [9.17, 15) is 9.59 Å². The summed E-state index contributed by atoms with van der Waals surface area (Å²) in [5.74, 6) is -0.240. The molecule has 1 aromatic rings. The first-order chi connectivity index (χ1) is 8.60. The Balaban J connectivity index is 2.08. The quantitative estimate of drug-likeness (QED) is 0.733. The van der Waals surface area contributed by atoms with Crippen molar-refractivity contribution in [1.82, 2.24) is 5.32 Å². The topological polar surface area (TPSA) is 78.4 Å². The van der Waals surface area contributed by atoms with Gasteiger partial charge in [-0.05, 0) is 31.0 Å². The minimum Gasteiger partial charge on any atom is -0.396 e. The number of anilines is 1. The number of amides is 2. The SMILES string of the molecule is CC(CCO)NC(=O)c1ccc2c(c1)NC(=O)C2. The molecule has 1 aliphatic heterocycles. The molecule has 0 radical (unpaired) electrons. The van der Waals surface area contributed by atoms with E-state index in [1.165, 1.54) is 0 Å². The largest absolute Gasteiger partial charge is 0.396 e. The van der Waals surface area contributed by atoms with Crippen molar-refractivity contribution in [3.05, 3.63) is 29.3 Å². The molecule has 0 spiro atoms. The van der Waals surface area contributed by atoms with Crippen molar-refractivity contribution in [3.8, 4) is 0 Å². The second-order valence-corrected chi connectivity index (χ2v) is 4.48. The molecule has 1 heterocycles. The highest BCUT2D eigenvalue weighted by Gasteiger charge is 2.19. The molecule has 2 rings (SSSR count). The van der Waals surface area contributed by atoms with Gasteiger partial charge in [-0.1, -0.05) is 6.07 Å². The predicted molar refractivity (Wildman–Crippen MR) is 67.4 cm³/mol. The molecule has 0 aliphatic carbocycles. The van der Waals surface area contributed by atoms with Gasteiger partial charge in [0.05, 0.1) is 6.42 Å². The molecular formula is C13H16N2O3. The van der Waals surface area contributed by atoms with E-state index >= 15 is 0 Å². The lowest BCUT2D eigenvalue weighted by Crippen LogP contribution is -2.33. The molecular weight excluding hydrogens is 232 g/mol. The lowest BCUT2D eigenvalue weighted by Gasteiger charge is -2.12. The summed E-state index contributed by atoms with van der Waals surface area (Å²) in [7, 11) is 0. The van der Waals surface area contributed by atoms with Crippen LogP contribution in [0.5, 0.6) is 0 Å². The summed E-state index contributed by atoms with van der Waals surface area (Å²) in [6.07, 6.45) is 0.894. The molecule has 2 amide bonds. The van der Waals surface area contributed by atoms with Gasteiger partial charge in [0.1, 0.15) is 0 Å². The van der Waals surface area contributed by atoms with Gasteiger partial charge in [-0.3, -0.25) is 9.59 Å². The Kier molecular flexibility index (Phi) is 3.62. The second-order valence-electron chi connectivity index (χ2n) is 4.48. The maximum absolute atomic E-state index is 11.9. The molecule has 0 saturated carbocycles. The maximum atomic E-state index is 11.9. The molecule has 1 unspecified atom stereocenters. The zero-order chi connectivity index (χ0) is 13.1. The molecule has 0 fully saturated rings. The van der Waals surface area contributed by atoms with E-state index in [1.807, 2.05) is 6.92 Å². The third-order valence-electron chi connectivity index (χ3n) is 2.94. The van der Waals surface area contributed by atoms with Crippen LogP contribution < -0.4 is 10.6 Å². The van der Waals surface area contributed by atoms with Crippen molar-refractivity contribution in [2.24, 2.45) is 0 Å². The van der Waals surface area contributed by atoms with Crippen LogP contribution in [0.3, 0.4) is 0 Å². The fourth-order valence-corrected chi connectivity index (χ4v) is 1.93. The average molecular weight is 248 g/mol. The summed E-state index contributed by atoms with van der Waals surface area (Å²) >= 11 is 0. The number of nitrogens with one attached hydrogen (secondary N) is 2. The first-order valence-electron chi connectivity index (χ1n) is 5.94. The molecule has 0 aromatic heterocycles. The summed E-state index contributed by atoms with van der Waals surface area (Å²) in [5.41, 5.74) is 2.14. The van der Waals surface area contributed by atoms with Gasteiger partial charge in [0.25, 0.3) is 5.91 Å². The van der Waals surface area contributed by atoms with Crippen LogP contribution in [0, 0.1) is 0 Å². The van der Waals surface area contributed by atoms with Gasteiger partial charge in [0.15, 0.2) is 0 Å². The third kappa shape index (κ3) is 2.68. The summed E-state index contributed by atoms with van der Waals surface area (Å²) in [4.78, 5) is 23.1.